The van der Waals surface area contributed by atoms with Gasteiger partial charge in [-0.2, -0.15) is 0 Å². The highest BCUT2D eigenvalue weighted by molar-refractivity contribution is 5.15. The molecule has 0 aromatic rings. The molecule has 1 saturated carbocycles. The van der Waals surface area contributed by atoms with E-state index >= 15 is 0 Å². The lowest BCUT2D eigenvalue weighted by Gasteiger charge is -2.68. The first kappa shape index (κ1) is 20.0. The summed E-state index contributed by atoms with van der Waals surface area (Å²) in [5, 5.41) is 22.7. The van der Waals surface area contributed by atoms with Gasteiger partial charge in [0.05, 0.1) is 12.2 Å². The van der Waals surface area contributed by atoms with E-state index in [0.29, 0.717) is 0 Å². The van der Waals surface area contributed by atoms with Gasteiger partial charge >= 0.3 is 0 Å². The van der Waals surface area contributed by atoms with E-state index in [9.17, 15) is 10.2 Å². The molecule has 2 heteroatoms. The van der Waals surface area contributed by atoms with Gasteiger partial charge in [-0.05, 0) is 32.5 Å². The van der Waals surface area contributed by atoms with Crippen LogP contribution in [0.4, 0.5) is 0 Å². The van der Waals surface area contributed by atoms with Crippen LogP contribution in [-0.2, 0) is 0 Å². The lowest BCUT2D eigenvalue weighted by atomic mass is 9.38. The topological polar surface area (TPSA) is 40.5 Å². The molecule has 0 saturated heterocycles. The van der Waals surface area contributed by atoms with Gasteiger partial charge in [-0.3, -0.25) is 0 Å². The highest BCUT2D eigenvalue weighted by Crippen LogP contribution is 2.68. The zero-order valence-electron chi connectivity index (χ0n) is 17.0. The monoisotopic (exact) mass is 312 g/mol. The second-order valence-electron chi connectivity index (χ2n) is 10.9. The molecule has 2 unspecified atom stereocenters. The predicted molar refractivity (Wildman–Crippen MR) is 94.7 cm³/mol. The second kappa shape index (κ2) is 4.72. The van der Waals surface area contributed by atoms with Crippen molar-refractivity contribution in [2.75, 3.05) is 0 Å². The summed E-state index contributed by atoms with van der Waals surface area (Å²) < 4.78 is 0. The van der Waals surface area contributed by atoms with E-state index < -0.39 is 23.0 Å². The molecule has 1 aliphatic rings. The zero-order valence-corrected chi connectivity index (χ0v) is 17.0. The summed E-state index contributed by atoms with van der Waals surface area (Å²) in [6.07, 6.45) is -1.01. The Bertz CT molecular complexity index is 397. The Morgan fingerprint density at radius 2 is 0.591 bits per heavy atom. The van der Waals surface area contributed by atoms with Crippen LogP contribution in [0.3, 0.4) is 0 Å². The van der Waals surface area contributed by atoms with Crippen molar-refractivity contribution in [3.05, 3.63) is 0 Å². The van der Waals surface area contributed by atoms with Crippen molar-refractivity contribution in [3.63, 3.8) is 0 Å². The summed E-state index contributed by atoms with van der Waals surface area (Å²) in [6, 6.07) is 0. The van der Waals surface area contributed by atoms with Crippen LogP contribution in [-0.4, -0.2) is 22.4 Å². The minimum Gasteiger partial charge on any atom is -0.392 e. The summed E-state index contributed by atoms with van der Waals surface area (Å²) in [4.78, 5) is 0. The fourth-order valence-electron chi connectivity index (χ4n) is 4.80. The highest BCUT2D eigenvalue weighted by atomic mass is 16.3. The van der Waals surface area contributed by atoms with E-state index in [-0.39, 0.29) is 21.7 Å². The number of rotatable bonds is 0. The predicted octanol–water partition coefficient (Wildman–Crippen LogP) is 4.88. The van der Waals surface area contributed by atoms with Crippen LogP contribution < -0.4 is 0 Å². The van der Waals surface area contributed by atoms with E-state index in [1.54, 1.807) is 0 Å². The number of aliphatic hydroxyl groups excluding tert-OH is 2. The van der Waals surface area contributed by atoms with Gasteiger partial charge in [0.15, 0.2) is 0 Å². The van der Waals surface area contributed by atoms with Crippen molar-refractivity contribution < 1.29 is 10.2 Å². The van der Waals surface area contributed by atoms with Gasteiger partial charge in [0.25, 0.3) is 0 Å². The van der Waals surface area contributed by atoms with Crippen molar-refractivity contribution in [3.8, 4) is 0 Å². The summed E-state index contributed by atoms with van der Waals surface area (Å²) in [7, 11) is 0. The normalized spacial score (nSPS) is 37.9. The van der Waals surface area contributed by atoms with Gasteiger partial charge in [-0.25, -0.2) is 0 Å². The molecule has 1 aliphatic carbocycles. The number of hydrogen-bond acceptors (Lipinski definition) is 2. The Kier molecular flexibility index (Phi) is 4.29. The first-order valence-corrected chi connectivity index (χ1v) is 8.67. The van der Waals surface area contributed by atoms with Crippen LogP contribution in [0, 0.1) is 32.5 Å². The molecule has 0 bridgehead atoms. The molecule has 132 valence electrons. The molecular weight excluding hydrogens is 272 g/mol. The first-order chi connectivity index (χ1) is 9.31. The smallest absolute Gasteiger partial charge is 0.0653 e. The third-order valence-corrected chi connectivity index (χ3v) is 9.18. The highest BCUT2D eigenvalue weighted by Gasteiger charge is 2.67. The lowest BCUT2D eigenvalue weighted by Crippen LogP contribution is -2.68. The van der Waals surface area contributed by atoms with Gasteiger partial charge in [0, 0.05) is 0 Å². The van der Waals surface area contributed by atoms with Crippen LogP contribution in [0.25, 0.3) is 0 Å². The molecule has 2 N–H and O–H groups in total. The standard InChI is InChI=1S/C20H40O2/c1-15(2)13(21)17(5,6)19(9,10)20(11,12)18(7,8)14(22)16(15,3)4/h13-14,21-22H,1-12H3. The Morgan fingerprint density at radius 1 is 0.409 bits per heavy atom. The van der Waals surface area contributed by atoms with Gasteiger partial charge in [0.2, 0.25) is 0 Å². The second-order valence-corrected chi connectivity index (χ2v) is 10.9. The maximum Gasteiger partial charge on any atom is 0.0653 e. The van der Waals surface area contributed by atoms with Crippen molar-refractivity contribution in [1.29, 1.82) is 0 Å². The Labute approximate surface area is 138 Å². The Morgan fingerprint density at radius 3 is 0.773 bits per heavy atom. The fraction of sp³-hybridized carbons (Fsp3) is 1.00. The van der Waals surface area contributed by atoms with E-state index in [4.69, 9.17) is 0 Å². The maximum absolute atomic E-state index is 11.4. The molecule has 0 amide bonds. The number of hydrogen-bond donors (Lipinski definition) is 2. The third kappa shape index (κ3) is 1.99. The average molecular weight is 313 g/mol. The van der Waals surface area contributed by atoms with Crippen LogP contribution >= 0.6 is 0 Å². The van der Waals surface area contributed by atoms with Crippen molar-refractivity contribution >= 4 is 0 Å². The molecule has 22 heavy (non-hydrogen) atoms. The molecule has 2 atom stereocenters. The minimum atomic E-state index is -0.505. The van der Waals surface area contributed by atoms with E-state index in [1.165, 1.54) is 0 Å². The first-order valence-electron chi connectivity index (χ1n) is 8.67. The molecular formula is C20H40O2. The summed E-state index contributed by atoms with van der Waals surface area (Å²) >= 11 is 0. The average Bonchev–Trinajstić information content (AvgIpc) is 2.34. The molecule has 0 radical (unpaired) electrons. The largest absolute Gasteiger partial charge is 0.392 e. The summed E-state index contributed by atoms with van der Waals surface area (Å²) in [5.41, 5.74) is -1.68. The van der Waals surface area contributed by atoms with Crippen LogP contribution in [0.15, 0.2) is 0 Å². The summed E-state index contributed by atoms with van der Waals surface area (Å²) in [6.45, 7) is 26.2. The van der Waals surface area contributed by atoms with Crippen LogP contribution in [0.5, 0.6) is 0 Å². The van der Waals surface area contributed by atoms with Crippen molar-refractivity contribution in [2.24, 2.45) is 32.5 Å². The molecule has 1 rings (SSSR count). The van der Waals surface area contributed by atoms with E-state index in [2.05, 4.69) is 83.1 Å². The van der Waals surface area contributed by atoms with Crippen LogP contribution in [0.1, 0.15) is 83.1 Å². The fourth-order valence-corrected chi connectivity index (χ4v) is 4.80. The number of aliphatic hydroxyl groups is 2. The molecule has 0 heterocycles. The zero-order chi connectivity index (χ0) is 18.2. The Hall–Kier alpha value is -0.0800. The van der Waals surface area contributed by atoms with Gasteiger partial charge in [0.1, 0.15) is 0 Å². The molecule has 0 aromatic heterocycles. The van der Waals surface area contributed by atoms with Gasteiger partial charge < -0.3 is 10.2 Å². The van der Waals surface area contributed by atoms with Crippen molar-refractivity contribution in [2.45, 2.75) is 95.3 Å². The lowest BCUT2D eigenvalue weighted by molar-refractivity contribution is -0.263. The van der Waals surface area contributed by atoms with Crippen molar-refractivity contribution in [1.82, 2.24) is 0 Å². The maximum atomic E-state index is 11.4. The molecule has 0 spiro atoms. The summed E-state index contributed by atoms with van der Waals surface area (Å²) in [5.74, 6) is 0. The quantitative estimate of drug-likeness (QED) is 0.669. The minimum absolute atomic E-state index is 0.155. The van der Waals surface area contributed by atoms with Gasteiger partial charge in [-0.1, -0.05) is 83.1 Å². The van der Waals surface area contributed by atoms with Gasteiger partial charge in [-0.15, -0.1) is 0 Å². The Balaban J connectivity index is 3.81. The molecule has 2 nitrogen and oxygen atoms in total. The SMILES string of the molecule is CC1(C)C(O)C(C)(C)C(C)(C)C(C)(C)C(C)(C)C(O)C1(C)C. The van der Waals surface area contributed by atoms with E-state index in [0.717, 1.165) is 0 Å². The van der Waals surface area contributed by atoms with Crippen LogP contribution in [0.2, 0.25) is 0 Å². The molecule has 1 fully saturated rings. The molecule has 0 aromatic carbocycles. The molecule has 0 aliphatic heterocycles. The van der Waals surface area contributed by atoms with E-state index in [1.807, 2.05) is 0 Å². The third-order valence-electron chi connectivity index (χ3n) is 9.18.